The number of hydrogen-bond acceptors (Lipinski definition) is 3. The minimum atomic E-state index is 0.801. The Morgan fingerprint density at radius 2 is 2.16 bits per heavy atom. The lowest BCUT2D eigenvalue weighted by Crippen LogP contribution is -2.62. The van der Waals surface area contributed by atoms with Gasteiger partial charge in [0, 0.05) is 57.6 Å². The Labute approximate surface area is 116 Å². The lowest BCUT2D eigenvalue weighted by molar-refractivity contribution is -0.00175. The van der Waals surface area contributed by atoms with E-state index < -0.39 is 0 Å². The van der Waals surface area contributed by atoms with Gasteiger partial charge in [-0.05, 0) is 26.3 Å². The maximum absolute atomic E-state index is 4.39. The van der Waals surface area contributed by atoms with Crippen LogP contribution in [0.2, 0.25) is 0 Å². The highest BCUT2D eigenvalue weighted by molar-refractivity contribution is 4.95. The van der Waals surface area contributed by atoms with Gasteiger partial charge in [0.2, 0.25) is 0 Å². The van der Waals surface area contributed by atoms with Crippen LogP contribution in [0.15, 0.2) is 12.4 Å². The van der Waals surface area contributed by atoms with E-state index in [9.17, 15) is 0 Å². The highest BCUT2D eigenvalue weighted by atomic mass is 15.3. The van der Waals surface area contributed by atoms with Crippen LogP contribution in [0.5, 0.6) is 0 Å². The first kappa shape index (κ1) is 13.1. The van der Waals surface area contributed by atoms with Crippen molar-refractivity contribution >= 4 is 0 Å². The zero-order chi connectivity index (χ0) is 13.2. The highest BCUT2D eigenvalue weighted by Crippen LogP contribution is 2.24. The smallest absolute Gasteiger partial charge is 0.109 e. The molecule has 0 spiro atoms. The van der Waals surface area contributed by atoms with Crippen LogP contribution in [-0.2, 0) is 13.5 Å². The molecule has 3 heterocycles. The first-order valence-electron chi connectivity index (χ1n) is 7.68. The molecule has 1 atom stereocenters. The molecule has 1 unspecified atom stereocenters. The first-order chi connectivity index (χ1) is 9.24. The van der Waals surface area contributed by atoms with Crippen molar-refractivity contribution in [1.29, 1.82) is 0 Å². The fourth-order valence-electron chi connectivity index (χ4n) is 3.49. The normalized spacial score (nSPS) is 26.5. The standard InChI is InChI=1S/C15H26N4/c1-13-5-3-4-8-19(13)14-11-18(12-14)9-6-15-16-7-10-17(15)2/h7,10,13-14H,3-6,8-9,11-12H2,1-2H3. The van der Waals surface area contributed by atoms with Crippen LogP contribution in [0, 0.1) is 0 Å². The molecule has 19 heavy (non-hydrogen) atoms. The van der Waals surface area contributed by atoms with Crippen molar-refractivity contribution in [3.05, 3.63) is 18.2 Å². The molecule has 2 saturated heterocycles. The third-order valence-corrected chi connectivity index (χ3v) is 4.83. The Morgan fingerprint density at radius 3 is 2.84 bits per heavy atom. The number of aromatic nitrogens is 2. The van der Waals surface area contributed by atoms with Crippen LogP contribution in [-0.4, -0.2) is 57.6 Å². The molecule has 2 aliphatic rings. The minimum Gasteiger partial charge on any atom is -0.338 e. The van der Waals surface area contributed by atoms with Crippen LogP contribution < -0.4 is 0 Å². The lowest BCUT2D eigenvalue weighted by Gasteiger charge is -2.49. The summed E-state index contributed by atoms with van der Waals surface area (Å²) in [7, 11) is 2.08. The number of likely N-dealkylation sites (tertiary alicyclic amines) is 2. The molecule has 2 fully saturated rings. The van der Waals surface area contributed by atoms with Crippen molar-refractivity contribution in [2.24, 2.45) is 7.05 Å². The molecule has 4 heteroatoms. The molecular weight excluding hydrogens is 236 g/mol. The fourth-order valence-corrected chi connectivity index (χ4v) is 3.49. The molecule has 0 saturated carbocycles. The largest absolute Gasteiger partial charge is 0.338 e. The fraction of sp³-hybridized carbons (Fsp3) is 0.800. The molecule has 1 aromatic heterocycles. The summed E-state index contributed by atoms with van der Waals surface area (Å²) in [6.07, 6.45) is 9.21. The SMILES string of the molecule is CC1CCCCN1C1CN(CCc2nccn2C)C1. The summed E-state index contributed by atoms with van der Waals surface area (Å²) >= 11 is 0. The maximum atomic E-state index is 4.39. The Balaban J connectivity index is 1.42. The predicted molar refractivity (Wildman–Crippen MR) is 77.2 cm³/mol. The average Bonchev–Trinajstić information content (AvgIpc) is 2.75. The minimum absolute atomic E-state index is 0.801. The van der Waals surface area contributed by atoms with E-state index in [0.29, 0.717) is 0 Å². The van der Waals surface area contributed by atoms with Crippen LogP contribution >= 0.6 is 0 Å². The summed E-state index contributed by atoms with van der Waals surface area (Å²) < 4.78 is 2.13. The summed E-state index contributed by atoms with van der Waals surface area (Å²) in [4.78, 5) is 9.70. The number of aryl methyl sites for hydroxylation is 1. The van der Waals surface area contributed by atoms with Gasteiger partial charge in [-0.1, -0.05) is 6.42 Å². The van der Waals surface area contributed by atoms with Crippen molar-refractivity contribution < 1.29 is 0 Å². The maximum Gasteiger partial charge on any atom is 0.109 e. The second kappa shape index (κ2) is 5.63. The van der Waals surface area contributed by atoms with E-state index in [4.69, 9.17) is 0 Å². The van der Waals surface area contributed by atoms with Gasteiger partial charge in [-0.25, -0.2) is 4.98 Å². The predicted octanol–water partition coefficient (Wildman–Crippen LogP) is 1.52. The number of nitrogens with zero attached hydrogens (tertiary/aromatic N) is 4. The third-order valence-electron chi connectivity index (χ3n) is 4.83. The van der Waals surface area contributed by atoms with E-state index in [2.05, 4.69) is 33.3 Å². The molecule has 4 nitrogen and oxygen atoms in total. The Bertz CT molecular complexity index is 408. The molecule has 0 amide bonds. The molecular formula is C15H26N4. The van der Waals surface area contributed by atoms with Crippen molar-refractivity contribution in [2.75, 3.05) is 26.2 Å². The molecule has 0 aromatic carbocycles. The van der Waals surface area contributed by atoms with Crippen molar-refractivity contribution in [3.63, 3.8) is 0 Å². The molecule has 3 rings (SSSR count). The Kier molecular flexibility index (Phi) is 3.89. The van der Waals surface area contributed by atoms with Crippen molar-refractivity contribution in [1.82, 2.24) is 19.4 Å². The quantitative estimate of drug-likeness (QED) is 0.822. The van der Waals surface area contributed by atoms with Gasteiger partial charge >= 0.3 is 0 Å². The molecule has 106 valence electrons. The highest BCUT2D eigenvalue weighted by Gasteiger charge is 2.34. The number of imidazole rings is 1. The molecule has 0 radical (unpaired) electrons. The van der Waals surface area contributed by atoms with Crippen LogP contribution in [0.3, 0.4) is 0 Å². The number of rotatable bonds is 4. The average molecular weight is 262 g/mol. The molecule has 0 aliphatic carbocycles. The summed E-state index contributed by atoms with van der Waals surface area (Å²) in [5.74, 6) is 1.20. The zero-order valence-corrected chi connectivity index (χ0v) is 12.3. The van der Waals surface area contributed by atoms with Gasteiger partial charge in [0.15, 0.2) is 0 Å². The molecule has 0 N–H and O–H groups in total. The van der Waals surface area contributed by atoms with E-state index in [1.54, 1.807) is 0 Å². The monoisotopic (exact) mass is 262 g/mol. The van der Waals surface area contributed by atoms with E-state index in [-0.39, 0.29) is 0 Å². The topological polar surface area (TPSA) is 24.3 Å². The first-order valence-corrected chi connectivity index (χ1v) is 7.68. The molecule has 1 aromatic rings. The Morgan fingerprint density at radius 1 is 1.32 bits per heavy atom. The second-order valence-electron chi connectivity index (χ2n) is 6.20. The Hall–Kier alpha value is -0.870. The third kappa shape index (κ3) is 2.84. The summed E-state index contributed by atoms with van der Waals surface area (Å²) in [5.41, 5.74) is 0. The van der Waals surface area contributed by atoms with Gasteiger partial charge in [-0.15, -0.1) is 0 Å². The summed E-state index contributed by atoms with van der Waals surface area (Å²) in [6, 6.07) is 1.62. The molecule has 2 aliphatic heterocycles. The summed E-state index contributed by atoms with van der Waals surface area (Å²) in [5, 5.41) is 0. The van der Waals surface area contributed by atoms with Gasteiger partial charge in [-0.2, -0.15) is 0 Å². The van der Waals surface area contributed by atoms with Crippen LogP contribution in [0.4, 0.5) is 0 Å². The summed E-state index contributed by atoms with van der Waals surface area (Å²) in [6.45, 7) is 7.39. The van der Waals surface area contributed by atoms with Gasteiger partial charge in [0.25, 0.3) is 0 Å². The zero-order valence-electron chi connectivity index (χ0n) is 12.3. The van der Waals surface area contributed by atoms with E-state index in [0.717, 1.165) is 25.0 Å². The van der Waals surface area contributed by atoms with Crippen molar-refractivity contribution in [2.45, 2.75) is 44.7 Å². The van der Waals surface area contributed by atoms with E-state index in [1.165, 1.54) is 44.7 Å². The molecule has 0 bridgehead atoms. The van der Waals surface area contributed by atoms with Crippen LogP contribution in [0.25, 0.3) is 0 Å². The van der Waals surface area contributed by atoms with E-state index in [1.807, 2.05) is 12.4 Å². The van der Waals surface area contributed by atoms with Gasteiger partial charge < -0.3 is 4.57 Å². The number of hydrogen-bond donors (Lipinski definition) is 0. The van der Waals surface area contributed by atoms with Gasteiger partial charge in [0.1, 0.15) is 5.82 Å². The van der Waals surface area contributed by atoms with Gasteiger partial charge in [-0.3, -0.25) is 9.80 Å². The van der Waals surface area contributed by atoms with Crippen LogP contribution in [0.1, 0.15) is 32.0 Å². The van der Waals surface area contributed by atoms with E-state index >= 15 is 0 Å². The van der Waals surface area contributed by atoms with Crippen molar-refractivity contribution in [3.8, 4) is 0 Å². The number of piperidine rings is 1. The van der Waals surface area contributed by atoms with Gasteiger partial charge in [0.05, 0.1) is 0 Å². The second-order valence-corrected chi connectivity index (χ2v) is 6.20. The lowest BCUT2D eigenvalue weighted by atomic mass is 9.97.